The van der Waals surface area contributed by atoms with Gasteiger partial charge < -0.3 is 10.2 Å². The van der Waals surface area contributed by atoms with Crippen molar-refractivity contribution < 1.29 is 4.79 Å². The van der Waals surface area contributed by atoms with Crippen LogP contribution in [0.5, 0.6) is 0 Å². The highest BCUT2D eigenvalue weighted by atomic mass is 32.1. The summed E-state index contributed by atoms with van der Waals surface area (Å²) < 4.78 is 0. The molecule has 0 radical (unpaired) electrons. The molecule has 1 aliphatic heterocycles. The Morgan fingerprint density at radius 2 is 2.26 bits per heavy atom. The Labute approximate surface area is 120 Å². The fourth-order valence-corrected chi connectivity index (χ4v) is 3.63. The van der Waals surface area contributed by atoms with Gasteiger partial charge in [0, 0.05) is 16.8 Å². The van der Waals surface area contributed by atoms with Crippen molar-refractivity contribution >= 4 is 17.2 Å². The third-order valence-corrected chi connectivity index (χ3v) is 5.31. The highest BCUT2D eigenvalue weighted by Crippen LogP contribution is 2.28. The number of likely N-dealkylation sites (N-methyl/N-ethyl adjacent to an activating group) is 1. The Balaban J connectivity index is 2.05. The zero-order valence-corrected chi connectivity index (χ0v) is 13.1. The van der Waals surface area contributed by atoms with E-state index < -0.39 is 0 Å². The van der Waals surface area contributed by atoms with Crippen LogP contribution in [0, 0.1) is 12.8 Å². The van der Waals surface area contributed by atoms with Gasteiger partial charge in [-0.1, -0.05) is 6.92 Å². The van der Waals surface area contributed by atoms with Crippen LogP contribution < -0.4 is 5.32 Å². The lowest BCUT2D eigenvalue weighted by Crippen LogP contribution is -2.51. The molecule has 3 nitrogen and oxygen atoms in total. The summed E-state index contributed by atoms with van der Waals surface area (Å²) in [6, 6.07) is 4.40. The van der Waals surface area contributed by atoms with Crippen molar-refractivity contribution in [3.63, 3.8) is 0 Å². The number of amides is 1. The van der Waals surface area contributed by atoms with Crippen LogP contribution in [-0.2, 0) is 4.79 Å². The summed E-state index contributed by atoms with van der Waals surface area (Å²) in [5.74, 6) is 0.659. The summed E-state index contributed by atoms with van der Waals surface area (Å²) in [4.78, 5) is 17.1. The maximum atomic E-state index is 12.6. The van der Waals surface area contributed by atoms with Gasteiger partial charge in [-0.15, -0.1) is 11.3 Å². The predicted molar refractivity (Wildman–Crippen MR) is 80.4 cm³/mol. The zero-order valence-electron chi connectivity index (χ0n) is 12.3. The molecular weight excluding hydrogens is 256 g/mol. The number of thiophene rings is 1. The molecule has 1 aromatic heterocycles. The Morgan fingerprint density at radius 1 is 1.53 bits per heavy atom. The largest absolute Gasteiger partial charge is 0.337 e. The molecule has 2 rings (SSSR count). The van der Waals surface area contributed by atoms with Crippen molar-refractivity contribution in [2.24, 2.45) is 5.92 Å². The second-order valence-corrected chi connectivity index (χ2v) is 6.94. The minimum absolute atomic E-state index is 0.0118. The van der Waals surface area contributed by atoms with E-state index in [1.807, 2.05) is 11.9 Å². The Hall–Kier alpha value is -0.870. The number of carbonyl (C=O) groups is 1. The normalized spacial score (nSPS) is 25.1. The zero-order chi connectivity index (χ0) is 14.0. The van der Waals surface area contributed by atoms with E-state index in [2.05, 4.69) is 38.2 Å². The summed E-state index contributed by atoms with van der Waals surface area (Å²) in [6.07, 6.45) is 2.32. The maximum Gasteiger partial charge on any atom is 0.240 e. The van der Waals surface area contributed by atoms with Crippen LogP contribution in [0.4, 0.5) is 0 Å². The van der Waals surface area contributed by atoms with Crippen LogP contribution in [0.1, 0.15) is 42.5 Å². The van der Waals surface area contributed by atoms with Gasteiger partial charge in [-0.25, -0.2) is 0 Å². The first-order valence-electron chi connectivity index (χ1n) is 7.07. The van der Waals surface area contributed by atoms with Gasteiger partial charge in [-0.05, 0) is 51.3 Å². The van der Waals surface area contributed by atoms with Gasteiger partial charge in [0.15, 0.2) is 0 Å². The van der Waals surface area contributed by atoms with Gasteiger partial charge in [0.05, 0.1) is 12.1 Å². The molecule has 1 fully saturated rings. The lowest BCUT2D eigenvalue weighted by atomic mass is 9.91. The van der Waals surface area contributed by atoms with Crippen LogP contribution in [0.25, 0.3) is 0 Å². The number of hydrogen-bond donors (Lipinski definition) is 1. The van der Waals surface area contributed by atoms with Crippen LogP contribution in [0.2, 0.25) is 0 Å². The number of hydrogen-bond acceptors (Lipinski definition) is 3. The number of nitrogens with one attached hydrogen (secondary N) is 1. The third kappa shape index (κ3) is 3.18. The van der Waals surface area contributed by atoms with Crippen LogP contribution in [0.15, 0.2) is 12.1 Å². The molecule has 1 saturated heterocycles. The standard InChI is InChI=1S/C15H24N2OS/c1-10-6-5-9-16-14(10)15(18)17(4)12(3)13-8-7-11(2)19-13/h7-8,10,12,14,16H,5-6,9H2,1-4H3. The van der Waals surface area contributed by atoms with Gasteiger partial charge in [-0.2, -0.15) is 0 Å². The minimum Gasteiger partial charge on any atom is -0.337 e. The lowest BCUT2D eigenvalue weighted by Gasteiger charge is -2.34. The Morgan fingerprint density at radius 3 is 2.84 bits per heavy atom. The quantitative estimate of drug-likeness (QED) is 0.923. The molecule has 19 heavy (non-hydrogen) atoms. The second kappa shape index (κ2) is 6.06. The molecule has 1 amide bonds. The molecule has 0 bridgehead atoms. The monoisotopic (exact) mass is 280 g/mol. The summed E-state index contributed by atoms with van der Waals surface area (Å²) in [5, 5.41) is 3.37. The predicted octanol–water partition coefficient (Wildman–Crippen LogP) is 2.96. The Bertz CT molecular complexity index is 443. The first kappa shape index (κ1) is 14.5. The average molecular weight is 280 g/mol. The number of rotatable bonds is 3. The second-order valence-electron chi connectivity index (χ2n) is 5.62. The van der Waals surface area contributed by atoms with E-state index in [9.17, 15) is 4.79 Å². The van der Waals surface area contributed by atoms with Crippen molar-refractivity contribution in [2.45, 2.75) is 45.7 Å². The van der Waals surface area contributed by atoms with Gasteiger partial charge in [0.25, 0.3) is 0 Å². The van der Waals surface area contributed by atoms with E-state index in [0.29, 0.717) is 5.92 Å². The smallest absolute Gasteiger partial charge is 0.240 e. The van der Waals surface area contributed by atoms with E-state index in [-0.39, 0.29) is 18.0 Å². The van der Waals surface area contributed by atoms with Crippen LogP contribution in [0.3, 0.4) is 0 Å². The van der Waals surface area contributed by atoms with E-state index in [1.54, 1.807) is 11.3 Å². The number of nitrogens with zero attached hydrogens (tertiary/aromatic N) is 1. The highest BCUT2D eigenvalue weighted by Gasteiger charge is 2.31. The van der Waals surface area contributed by atoms with Gasteiger partial charge in [-0.3, -0.25) is 4.79 Å². The number of aryl methyl sites for hydroxylation is 1. The van der Waals surface area contributed by atoms with Crippen molar-refractivity contribution in [3.05, 3.63) is 21.9 Å². The van der Waals surface area contributed by atoms with Gasteiger partial charge >= 0.3 is 0 Å². The summed E-state index contributed by atoms with van der Waals surface area (Å²) in [6.45, 7) is 7.34. The molecule has 1 aliphatic rings. The highest BCUT2D eigenvalue weighted by molar-refractivity contribution is 7.12. The molecule has 0 aliphatic carbocycles. The molecule has 106 valence electrons. The van der Waals surface area contributed by atoms with Crippen molar-refractivity contribution in [3.8, 4) is 0 Å². The molecule has 0 saturated carbocycles. The summed E-state index contributed by atoms with van der Waals surface area (Å²) >= 11 is 1.77. The molecule has 3 atom stereocenters. The van der Waals surface area contributed by atoms with Gasteiger partial charge in [0.1, 0.15) is 0 Å². The summed E-state index contributed by atoms with van der Waals surface area (Å²) in [7, 11) is 1.92. The Kier molecular flexibility index (Phi) is 4.63. The average Bonchev–Trinajstić information content (AvgIpc) is 2.83. The molecule has 0 spiro atoms. The first-order chi connectivity index (χ1) is 9.00. The van der Waals surface area contributed by atoms with Crippen LogP contribution in [-0.4, -0.2) is 30.4 Å². The SMILES string of the molecule is Cc1ccc(C(C)N(C)C(=O)C2NCCCC2C)s1. The number of piperidine rings is 1. The lowest BCUT2D eigenvalue weighted by molar-refractivity contribution is -0.135. The molecular formula is C15H24N2OS. The molecule has 2 heterocycles. The minimum atomic E-state index is -0.0118. The van der Waals surface area contributed by atoms with Crippen LogP contribution >= 0.6 is 11.3 Å². The fourth-order valence-electron chi connectivity index (χ4n) is 2.66. The van der Waals surface area contributed by atoms with Crippen molar-refractivity contribution in [1.82, 2.24) is 10.2 Å². The van der Waals surface area contributed by atoms with E-state index >= 15 is 0 Å². The topological polar surface area (TPSA) is 32.3 Å². The van der Waals surface area contributed by atoms with E-state index in [0.717, 1.165) is 13.0 Å². The summed E-state index contributed by atoms with van der Waals surface area (Å²) in [5.41, 5.74) is 0. The van der Waals surface area contributed by atoms with E-state index in [1.165, 1.54) is 16.2 Å². The first-order valence-corrected chi connectivity index (χ1v) is 7.88. The molecule has 1 N–H and O–H groups in total. The fraction of sp³-hybridized carbons (Fsp3) is 0.667. The molecule has 4 heteroatoms. The molecule has 0 aromatic carbocycles. The third-order valence-electron chi connectivity index (χ3n) is 4.14. The maximum absolute atomic E-state index is 12.6. The molecule has 3 unspecified atom stereocenters. The van der Waals surface area contributed by atoms with Crippen molar-refractivity contribution in [1.29, 1.82) is 0 Å². The van der Waals surface area contributed by atoms with Gasteiger partial charge in [0.2, 0.25) is 5.91 Å². The molecule has 1 aromatic rings. The number of carbonyl (C=O) groups excluding carboxylic acids is 1. The van der Waals surface area contributed by atoms with Crippen molar-refractivity contribution in [2.75, 3.05) is 13.6 Å². The van der Waals surface area contributed by atoms with E-state index in [4.69, 9.17) is 0 Å².